The van der Waals surface area contributed by atoms with E-state index in [4.69, 9.17) is 17.3 Å². The molecule has 108 valence electrons. The summed E-state index contributed by atoms with van der Waals surface area (Å²) in [4.78, 5) is 18.6. The summed E-state index contributed by atoms with van der Waals surface area (Å²) in [5, 5.41) is 0.538. The maximum Gasteiger partial charge on any atom is 0.256 e. The summed E-state index contributed by atoms with van der Waals surface area (Å²) in [5.74, 6) is -0.0384. The Bertz CT molecular complexity index is 656. The molecule has 5 heteroatoms. The molecule has 1 aromatic heterocycles. The van der Waals surface area contributed by atoms with Crippen molar-refractivity contribution in [1.29, 1.82) is 0 Å². The molecule has 0 radical (unpaired) electrons. The summed E-state index contributed by atoms with van der Waals surface area (Å²) in [7, 11) is 0. The first-order chi connectivity index (χ1) is 10.1. The lowest BCUT2D eigenvalue weighted by atomic mass is 10.1. The molecule has 2 N–H and O–H groups in total. The molecular weight excluding hydrogens is 286 g/mol. The van der Waals surface area contributed by atoms with Gasteiger partial charge in [-0.15, -0.1) is 0 Å². The van der Waals surface area contributed by atoms with E-state index in [0.717, 1.165) is 18.4 Å². The minimum Gasteiger partial charge on any atom is -0.398 e. The monoisotopic (exact) mass is 301 g/mol. The minimum absolute atomic E-state index is 0.0384. The molecule has 1 fully saturated rings. The summed E-state index contributed by atoms with van der Waals surface area (Å²) >= 11 is 5.89. The number of anilines is 1. The number of nitrogens with two attached hydrogens (primary N) is 1. The summed E-state index contributed by atoms with van der Waals surface area (Å²) in [5.41, 5.74) is 7.94. The van der Waals surface area contributed by atoms with E-state index in [1.165, 1.54) is 0 Å². The molecular formula is C16H16ClN3O. The first-order valence-electron chi connectivity index (χ1n) is 6.90. The molecule has 3 rings (SSSR count). The van der Waals surface area contributed by atoms with Gasteiger partial charge in [-0.25, -0.2) is 0 Å². The molecule has 0 saturated heterocycles. The van der Waals surface area contributed by atoms with Crippen molar-refractivity contribution in [3.05, 3.63) is 58.9 Å². The lowest BCUT2D eigenvalue weighted by molar-refractivity contribution is 0.0731. The Balaban J connectivity index is 1.85. The molecule has 0 spiro atoms. The highest BCUT2D eigenvalue weighted by molar-refractivity contribution is 6.31. The molecule has 0 aliphatic heterocycles. The van der Waals surface area contributed by atoms with Gasteiger partial charge in [0.15, 0.2) is 0 Å². The van der Waals surface area contributed by atoms with Crippen molar-refractivity contribution in [2.24, 2.45) is 0 Å². The van der Waals surface area contributed by atoms with Gasteiger partial charge in [-0.2, -0.15) is 0 Å². The van der Waals surface area contributed by atoms with Crippen LogP contribution in [-0.2, 0) is 6.54 Å². The van der Waals surface area contributed by atoms with E-state index >= 15 is 0 Å². The molecule has 0 bridgehead atoms. The van der Waals surface area contributed by atoms with Crippen LogP contribution in [0.1, 0.15) is 28.8 Å². The first kappa shape index (κ1) is 13.9. The third-order valence-corrected chi connectivity index (χ3v) is 3.83. The molecule has 4 nitrogen and oxygen atoms in total. The zero-order chi connectivity index (χ0) is 14.8. The van der Waals surface area contributed by atoms with Gasteiger partial charge in [-0.1, -0.05) is 11.6 Å². The van der Waals surface area contributed by atoms with E-state index in [0.29, 0.717) is 28.9 Å². The van der Waals surface area contributed by atoms with Crippen LogP contribution in [0.4, 0.5) is 5.69 Å². The summed E-state index contributed by atoms with van der Waals surface area (Å²) < 4.78 is 0. The van der Waals surface area contributed by atoms with Gasteiger partial charge in [0.05, 0.1) is 5.56 Å². The highest BCUT2D eigenvalue weighted by Crippen LogP contribution is 2.31. The maximum absolute atomic E-state index is 12.8. The maximum atomic E-state index is 12.8. The van der Waals surface area contributed by atoms with Crippen LogP contribution in [0.15, 0.2) is 42.7 Å². The number of carbonyl (C=O) groups is 1. The second-order valence-electron chi connectivity index (χ2n) is 5.25. The van der Waals surface area contributed by atoms with Gasteiger partial charge >= 0.3 is 0 Å². The van der Waals surface area contributed by atoms with Crippen LogP contribution in [0, 0.1) is 0 Å². The molecule has 1 aromatic carbocycles. The predicted octanol–water partition coefficient (Wildman–Crippen LogP) is 3.12. The second-order valence-corrected chi connectivity index (χ2v) is 5.69. The number of aromatic nitrogens is 1. The average Bonchev–Trinajstić information content (AvgIpc) is 3.30. The number of benzene rings is 1. The molecule has 2 aromatic rings. The van der Waals surface area contributed by atoms with Crippen molar-refractivity contribution in [1.82, 2.24) is 9.88 Å². The highest BCUT2D eigenvalue weighted by Gasteiger charge is 2.33. The fourth-order valence-corrected chi connectivity index (χ4v) is 2.50. The van der Waals surface area contributed by atoms with E-state index in [1.54, 1.807) is 30.6 Å². The molecule has 1 aliphatic rings. The van der Waals surface area contributed by atoms with Gasteiger partial charge in [0, 0.05) is 35.7 Å². The summed E-state index contributed by atoms with van der Waals surface area (Å²) in [6.07, 6.45) is 5.57. The number of nitrogen functional groups attached to an aromatic ring is 1. The van der Waals surface area contributed by atoms with E-state index in [1.807, 2.05) is 17.0 Å². The quantitative estimate of drug-likeness (QED) is 0.883. The van der Waals surface area contributed by atoms with Gasteiger partial charge < -0.3 is 10.6 Å². The molecule has 1 heterocycles. The highest BCUT2D eigenvalue weighted by atomic mass is 35.5. The Morgan fingerprint density at radius 1 is 1.29 bits per heavy atom. The number of amides is 1. The lowest BCUT2D eigenvalue weighted by Crippen LogP contribution is -2.33. The van der Waals surface area contributed by atoms with Crippen LogP contribution < -0.4 is 5.73 Å². The average molecular weight is 302 g/mol. The fourth-order valence-electron chi connectivity index (χ4n) is 2.32. The normalized spacial score (nSPS) is 14.0. The molecule has 1 saturated carbocycles. The SMILES string of the molecule is Nc1cc(Cl)ccc1C(=O)N(Cc1ccncc1)C1CC1. The number of hydrogen-bond donors (Lipinski definition) is 1. The summed E-state index contributed by atoms with van der Waals surface area (Å²) in [6, 6.07) is 9.17. The van der Waals surface area contributed by atoms with E-state index in [9.17, 15) is 4.79 Å². The Morgan fingerprint density at radius 3 is 2.62 bits per heavy atom. The van der Waals surface area contributed by atoms with Crippen molar-refractivity contribution in [3.8, 4) is 0 Å². The third kappa shape index (κ3) is 3.16. The largest absolute Gasteiger partial charge is 0.398 e. The molecule has 21 heavy (non-hydrogen) atoms. The van der Waals surface area contributed by atoms with Crippen LogP contribution in [0.5, 0.6) is 0 Å². The molecule has 1 aliphatic carbocycles. The van der Waals surface area contributed by atoms with E-state index in [-0.39, 0.29) is 5.91 Å². The Kier molecular flexibility index (Phi) is 3.80. The van der Waals surface area contributed by atoms with Crippen LogP contribution in [-0.4, -0.2) is 21.8 Å². The zero-order valence-corrected chi connectivity index (χ0v) is 12.3. The van der Waals surface area contributed by atoms with Crippen LogP contribution in [0.25, 0.3) is 0 Å². The van der Waals surface area contributed by atoms with Crippen molar-refractivity contribution in [3.63, 3.8) is 0 Å². The molecule has 0 atom stereocenters. The topological polar surface area (TPSA) is 59.2 Å². The van der Waals surface area contributed by atoms with Gasteiger partial charge in [0.25, 0.3) is 5.91 Å². The predicted molar refractivity (Wildman–Crippen MR) is 83.0 cm³/mol. The number of rotatable bonds is 4. The van der Waals surface area contributed by atoms with Crippen molar-refractivity contribution >= 4 is 23.2 Å². The van der Waals surface area contributed by atoms with Gasteiger partial charge in [0.2, 0.25) is 0 Å². The Morgan fingerprint density at radius 2 is 2.00 bits per heavy atom. The van der Waals surface area contributed by atoms with Crippen LogP contribution in [0.3, 0.4) is 0 Å². The van der Waals surface area contributed by atoms with E-state index < -0.39 is 0 Å². The Labute approximate surface area is 128 Å². The van der Waals surface area contributed by atoms with Crippen LogP contribution in [0.2, 0.25) is 5.02 Å². The number of hydrogen-bond acceptors (Lipinski definition) is 3. The smallest absolute Gasteiger partial charge is 0.256 e. The second kappa shape index (κ2) is 5.74. The minimum atomic E-state index is -0.0384. The molecule has 0 unspecified atom stereocenters. The van der Waals surface area contributed by atoms with E-state index in [2.05, 4.69) is 4.98 Å². The van der Waals surface area contributed by atoms with Gasteiger partial charge in [0.1, 0.15) is 0 Å². The Hall–Kier alpha value is -2.07. The summed E-state index contributed by atoms with van der Waals surface area (Å²) in [6.45, 7) is 0.577. The van der Waals surface area contributed by atoms with Crippen molar-refractivity contribution < 1.29 is 4.79 Å². The van der Waals surface area contributed by atoms with Gasteiger partial charge in [-0.3, -0.25) is 9.78 Å². The number of pyridine rings is 1. The number of nitrogens with zero attached hydrogens (tertiary/aromatic N) is 2. The standard InChI is InChI=1S/C16H16ClN3O/c17-12-1-4-14(15(18)9-12)16(21)20(13-2-3-13)10-11-5-7-19-8-6-11/h1,4-9,13H,2-3,10,18H2. The lowest BCUT2D eigenvalue weighted by Gasteiger charge is -2.23. The van der Waals surface area contributed by atoms with Gasteiger partial charge in [-0.05, 0) is 48.7 Å². The number of halogens is 1. The zero-order valence-electron chi connectivity index (χ0n) is 11.5. The first-order valence-corrected chi connectivity index (χ1v) is 7.28. The third-order valence-electron chi connectivity index (χ3n) is 3.59. The van der Waals surface area contributed by atoms with Crippen molar-refractivity contribution in [2.45, 2.75) is 25.4 Å². The van der Waals surface area contributed by atoms with Crippen LogP contribution >= 0.6 is 11.6 Å². The van der Waals surface area contributed by atoms with Crippen molar-refractivity contribution in [2.75, 3.05) is 5.73 Å². The molecule has 1 amide bonds. The fraction of sp³-hybridized carbons (Fsp3) is 0.250. The number of carbonyl (C=O) groups excluding carboxylic acids is 1.